The molecule has 1 aromatic carbocycles. The zero-order valence-electron chi connectivity index (χ0n) is 12.3. The number of benzene rings is 1. The van der Waals surface area contributed by atoms with Crippen molar-refractivity contribution in [3.05, 3.63) is 35.4 Å². The number of rotatable bonds is 5. The number of hydrogen-bond acceptors (Lipinski definition) is 2. The average molecular weight is 275 g/mol. The topological polar surface area (TPSA) is 40.5 Å². The highest BCUT2D eigenvalue weighted by Crippen LogP contribution is 2.23. The first-order valence-electron chi connectivity index (χ1n) is 7.73. The molecule has 1 saturated heterocycles. The summed E-state index contributed by atoms with van der Waals surface area (Å²) in [7, 11) is 0. The van der Waals surface area contributed by atoms with Crippen molar-refractivity contribution in [2.45, 2.75) is 45.6 Å². The van der Waals surface area contributed by atoms with Crippen LogP contribution in [0.2, 0.25) is 0 Å². The van der Waals surface area contributed by atoms with Crippen molar-refractivity contribution in [3.8, 4) is 0 Å². The molecule has 110 valence electrons. The van der Waals surface area contributed by atoms with Crippen molar-refractivity contribution in [1.29, 1.82) is 0 Å². The zero-order valence-corrected chi connectivity index (χ0v) is 12.3. The number of carbonyl (C=O) groups is 1. The molecule has 2 rings (SSSR count). The van der Waals surface area contributed by atoms with Gasteiger partial charge in [-0.25, -0.2) is 4.79 Å². The van der Waals surface area contributed by atoms with Gasteiger partial charge in [0.25, 0.3) is 0 Å². The molecule has 0 amide bonds. The summed E-state index contributed by atoms with van der Waals surface area (Å²) >= 11 is 0. The monoisotopic (exact) mass is 275 g/mol. The van der Waals surface area contributed by atoms with Gasteiger partial charge in [0.05, 0.1) is 5.56 Å². The summed E-state index contributed by atoms with van der Waals surface area (Å²) in [6.07, 6.45) is 6.53. The highest BCUT2D eigenvalue weighted by atomic mass is 16.4. The van der Waals surface area contributed by atoms with Crippen LogP contribution in [0.5, 0.6) is 0 Å². The summed E-state index contributed by atoms with van der Waals surface area (Å²) in [5, 5.41) is 9.04. The molecule has 0 radical (unpaired) electrons. The highest BCUT2D eigenvalue weighted by Gasteiger charge is 2.16. The van der Waals surface area contributed by atoms with Gasteiger partial charge >= 0.3 is 5.97 Å². The molecule has 0 saturated carbocycles. The van der Waals surface area contributed by atoms with E-state index >= 15 is 0 Å². The predicted molar refractivity (Wildman–Crippen MR) is 80.9 cm³/mol. The van der Waals surface area contributed by atoms with Gasteiger partial charge in [-0.1, -0.05) is 31.9 Å². The molecular weight excluding hydrogens is 250 g/mol. The van der Waals surface area contributed by atoms with Gasteiger partial charge in [0, 0.05) is 6.54 Å². The van der Waals surface area contributed by atoms with Crippen molar-refractivity contribution in [3.63, 3.8) is 0 Å². The molecule has 0 bridgehead atoms. The molecule has 1 N–H and O–H groups in total. The Labute approximate surface area is 121 Å². The highest BCUT2D eigenvalue weighted by molar-refractivity contribution is 5.87. The predicted octanol–water partition coefficient (Wildman–Crippen LogP) is 3.79. The molecule has 1 aromatic rings. The van der Waals surface area contributed by atoms with Crippen molar-refractivity contribution < 1.29 is 9.90 Å². The standard InChI is InChI=1S/C17H25NO2/c1-2-5-14-7-4-10-18(11-9-14)13-15-6-3-8-16(12-15)17(19)20/h3,6,8,12,14H,2,4-5,7,9-11,13H2,1H3,(H,19,20). The van der Waals surface area contributed by atoms with E-state index in [0.717, 1.165) is 31.1 Å². The summed E-state index contributed by atoms with van der Waals surface area (Å²) in [6.45, 7) is 5.42. The number of aromatic carboxylic acids is 1. The van der Waals surface area contributed by atoms with Crippen LogP contribution in [0.4, 0.5) is 0 Å². The third kappa shape index (κ3) is 4.34. The van der Waals surface area contributed by atoms with Crippen LogP contribution in [0.1, 0.15) is 54.9 Å². The molecule has 1 heterocycles. The molecular formula is C17H25NO2. The van der Waals surface area contributed by atoms with Gasteiger partial charge in [0.2, 0.25) is 0 Å². The lowest BCUT2D eigenvalue weighted by atomic mass is 9.96. The van der Waals surface area contributed by atoms with Gasteiger partial charge in [-0.15, -0.1) is 0 Å². The fraction of sp³-hybridized carbons (Fsp3) is 0.588. The van der Waals surface area contributed by atoms with E-state index in [2.05, 4.69) is 11.8 Å². The Kier molecular flexibility index (Phi) is 5.60. The van der Waals surface area contributed by atoms with Crippen LogP contribution in [0, 0.1) is 5.92 Å². The summed E-state index contributed by atoms with van der Waals surface area (Å²) < 4.78 is 0. The maximum atomic E-state index is 11.0. The normalized spacial score (nSPS) is 20.6. The van der Waals surface area contributed by atoms with E-state index in [9.17, 15) is 4.79 Å². The van der Waals surface area contributed by atoms with Crippen LogP contribution in [-0.2, 0) is 6.54 Å². The minimum Gasteiger partial charge on any atom is -0.478 e. The van der Waals surface area contributed by atoms with E-state index in [4.69, 9.17) is 5.11 Å². The molecule has 20 heavy (non-hydrogen) atoms. The Morgan fingerprint density at radius 1 is 1.35 bits per heavy atom. The Balaban J connectivity index is 1.93. The quantitative estimate of drug-likeness (QED) is 0.889. The minimum atomic E-state index is -0.842. The van der Waals surface area contributed by atoms with Crippen LogP contribution in [0.25, 0.3) is 0 Å². The second-order valence-electron chi connectivity index (χ2n) is 5.87. The molecule has 1 atom stereocenters. The van der Waals surface area contributed by atoms with Crippen molar-refractivity contribution >= 4 is 5.97 Å². The van der Waals surface area contributed by atoms with E-state index in [1.807, 2.05) is 12.1 Å². The Morgan fingerprint density at radius 3 is 2.95 bits per heavy atom. The maximum Gasteiger partial charge on any atom is 0.335 e. The van der Waals surface area contributed by atoms with E-state index in [1.54, 1.807) is 12.1 Å². The molecule has 1 fully saturated rings. The van der Waals surface area contributed by atoms with E-state index in [1.165, 1.54) is 32.1 Å². The Hall–Kier alpha value is -1.35. The van der Waals surface area contributed by atoms with Gasteiger partial charge in [-0.05, 0) is 56.0 Å². The van der Waals surface area contributed by atoms with Crippen molar-refractivity contribution in [2.24, 2.45) is 5.92 Å². The van der Waals surface area contributed by atoms with Gasteiger partial charge in [0.1, 0.15) is 0 Å². The van der Waals surface area contributed by atoms with E-state index < -0.39 is 5.97 Å². The third-order valence-electron chi connectivity index (χ3n) is 4.22. The number of carboxylic acids is 1. The molecule has 1 aliphatic heterocycles. The number of carboxylic acid groups (broad SMARTS) is 1. The van der Waals surface area contributed by atoms with E-state index in [-0.39, 0.29) is 0 Å². The summed E-state index contributed by atoms with van der Waals surface area (Å²) in [6, 6.07) is 7.33. The molecule has 1 unspecified atom stereocenters. The van der Waals surface area contributed by atoms with Crippen molar-refractivity contribution in [1.82, 2.24) is 4.90 Å². The SMILES string of the molecule is CCCC1CCCN(Cc2cccc(C(=O)O)c2)CC1. The number of nitrogens with zero attached hydrogens (tertiary/aromatic N) is 1. The molecule has 3 heteroatoms. The lowest BCUT2D eigenvalue weighted by Gasteiger charge is -2.20. The Morgan fingerprint density at radius 2 is 2.20 bits per heavy atom. The largest absolute Gasteiger partial charge is 0.478 e. The van der Waals surface area contributed by atoms with Gasteiger partial charge < -0.3 is 5.11 Å². The lowest BCUT2D eigenvalue weighted by molar-refractivity contribution is 0.0696. The first kappa shape index (κ1) is 15.0. The summed E-state index contributed by atoms with van der Waals surface area (Å²) in [4.78, 5) is 13.5. The van der Waals surface area contributed by atoms with Crippen LogP contribution >= 0.6 is 0 Å². The minimum absolute atomic E-state index is 0.390. The van der Waals surface area contributed by atoms with Crippen LogP contribution in [0.3, 0.4) is 0 Å². The first-order valence-corrected chi connectivity index (χ1v) is 7.73. The Bertz CT molecular complexity index is 444. The maximum absolute atomic E-state index is 11.0. The molecule has 0 spiro atoms. The molecule has 1 aliphatic rings. The summed E-state index contributed by atoms with van der Waals surface area (Å²) in [5.41, 5.74) is 1.50. The fourth-order valence-corrected chi connectivity index (χ4v) is 3.14. The number of hydrogen-bond donors (Lipinski definition) is 1. The average Bonchev–Trinajstić information content (AvgIpc) is 2.65. The van der Waals surface area contributed by atoms with Crippen LogP contribution in [0.15, 0.2) is 24.3 Å². The molecule has 0 aliphatic carbocycles. The van der Waals surface area contributed by atoms with Crippen LogP contribution in [-0.4, -0.2) is 29.1 Å². The smallest absolute Gasteiger partial charge is 0.335 e. The zero-order chi connectivity index (χ0) is 14.4. The van der Waals surface area contributed by atoms with Gasteiger partial charge in [0.15, 0.2) is 0 Å². The fourth-order valence-electron chi connectivity index (χ4n) is 3.14. The second kappa shape index (κ2) is 7.44. The molecule has 0 aromatic heterocycles. The van der Waals surface area contributed by atoms with Gasteiger partial charge in [-0.2, -0.15) is 0 Å². The second-order valence-corrected chi connectivity index (χ2v) is 5.87. The first-order chi connectivity index (χ1) is 9.69. The molecule has 3 nitrogen and oxygen atoms in total. The number of likely N-dealkylation sites (tertiary alicyclic amines) is 1. The lowest BCUT2D eigenvalue weighted by Crippen LogP contribution is -2.24. The van der Waals surface area contributed by atoms with Crippen LogP contribution < -0.4 is 0 Å². The summed E-state index contributed by atoms with van der Waals surface area (Å²) in [5.74, 6) is 0.0427. The third-order valence-corrected chi connectivity index (χ3v) is 4.22. The van der Waals surface area contributed by atoms with E-state index in [0.29, 0.717) is 5.56 Å². The van der Waals surface area contributed by atoms with Gasteiger partial charge in [-0.3, -0.25) is 4.90 Å². The van der Waals surface area contributed by atoms with Crippen molar-refractivity contribution in [2.75, 3.05) is 13.1 Å².